The molecule has 1 N–H and O–H groups in total. The van der Waals surface area contributed by atoms with Crippen LogP contribution in [-0.4, -0.2) is 54.7 Å². The third-order valence-electron chi connectivity index (χ3n) is 2.34. The highest BCUT2D eigenvalue weighted by atomic mass is 19.1. The van der Waals surface area contributed by atoms with Crippen LogP contribution < -0.4 is 0 Å². The van der Waals surface area contributed by atoms with E-state index in [0.29, 0.717) is 12.9 Å². The van der Waals surface area contributed by atoms with Crippen molar-refractivity contribution in [3.8, 4) is 0 Å². The second-order valence-corrected chi connectivity index (χ2v) is 3.56. The molecule has 0 aromatic heterocycles. The predicted octanol–water partition coefficient (Wildman–Crippen LogP) is 1.16. The minimum Gasteiger partial charge on any atom is -0.511 e. The van der Waals surface area contributed by atoms with E-state index >= 15 is 0 Å². The Morgan fingerprint density at radius 1 is 1.36 bits per heavy atom. The molecule has 4 heteroatoms. The van der Waals surface area contributed by atoms with Crippen molar-refractivity contribution >= 4 is 0 Å². The summed E-state index contributed by atoms with van der Waals surface area (Å²) in [6.45, 7) is 4.46. The van der Waals surface area contributed by atoms with Crippen LogP contribution in [0.3, 0.4) is 0 Å². The fraction of sp³-hybridized carbons (Fsp3) is 0.600. The van der Waals surface area contributed by atoms with Crippen LogP contribution in [0.5, 0.6) is 0 Å². The molecule has 0 bridgehead atoms. The van der Waals surface area contributed by atoms with Gasteiger partial charge < -0.3 is 10.0 Å². The van der Waals surface area contributed by atoms with Gasteiger partial charge in [-0.2, -0.15) is 0 Å². The molecule has 14 heavy (non-hydrogen) atoms. The van der Waals surface area contributed by atoms with Crippen molar-refractivity contribution in [3.05, 3.63) is 24.2 Å². The zero-order valence-electron chi connectivity index (χ0n) is 8.49. The van der Waals surface area contributed by atoms with E-state index in [1.54, 1.807) is 0 Å². The van der Waals surface area contributed by atoms with Crippen molar-refractivity contribution in [2.45, 2.75) is 0 Å². The van der Waals surface area contributed by atoms with Crippen LogP contribution in [0.2, 0.25) is 0 Å². The van der Waals surface area contributed by atoms with Gasteiger partial charge in [-0.1, -0.05) is 0 Å². The third-order valence-corrected chi connectivity index (χ3v) is 2.34. The topological polar surface area (TPSA) is 26.7 Å². The van der Waals surface area contributed by atoms with E-state index in [9.17, 15) is 9.50 Å². The molecule has 1 aliphatic rings. The van der Waals surface area contributed by atoms with Gasteiger partial charge in [-0.25, -0.2) is 4.39 Å². The van der Waals surface area contributed by atoms with Crippen LogP contribution in [0.1, 0.15) is 0 Å². The monoisotopic (exact) mass is 200 g/mol. The first-order valence-corrected chi connectivity index (χ1v) is 4.78. The van der Waals surface area contributed by atoms with Crippen molar-refractivity contribution < 1.29 is 9.50 Å². The Morgan fingerprint density at radius 2 is 2.00 bits per heavy atom. The highest BCUT2D eigenvalue weighted by molar-refractivity contribution is 5.06. The Hall–Kier alpha value is -0.870. The molecular weight excluding hydrogens is 183 g/mol. The van der Waals surface area contributed by atoms with E-state index < -0.39 is 0 Å². The maximum atomic E-state index is 11.6. The normalized spacial score (nSPS) is 22.0. The van der Waals surface area contributed by atoms with Gasteiger partial charge in [0.1, 0.15) is 5.76 Å². The lowest BCUT2D eigenvalue weighted by atomic mass is 10.3. The van der Waals surface area contributed by atoms with Crippen molar-refractivity contribution in [1.82, 2.24) is 9.80 Å². The van der Waals surface area contributed by atoms with Crippen LogP contribution in [0.25, 0.3) is 0 Å². The van der Waals surface area contributed by atoms with E-state index in [1.807, 2.05) is 0 Å². The molecule has 3 nitrogen and oxygen atoms in total. The number of aliphatic hydroxyl groups is 1. The molecule has 1 heterocycles. The molecule has 0 aliphatic carbocycles. The summed E-state index contributed by atoms with van der Waals surface area (Å²) in [5.74, 6) is 0.212. The molecule has 0 unspecified atom stereocenters. The first-order chi connectivity index (χ1) is 6.72. The number of aliphatic hydroxyl groups excluding tert-OH is 1. The van der Waals surface area contributed by atoms with Crippen molar-refractivity contribution in [3.63, 3.8) is 0 Å². The number of rotatable bonds is 3. The molecule has 0 radical (unpaired) electrons. The summed E-state index contributed by atoms with van der Waals surface area (Å²) in [5.41, 5.74) is 0. The Morgan fingerprint density at radius 3 is 2.57 bits per heavy atom. The van der Waals surface area contributed by atoms with E-state index in [0.717, 1.165) is 26.2 Å². The van der Waals surface area contributed by atoms with E-state index in [1.165, 1.54) is 12.2 Å². The average Bonchev–Trinajstić information content (AvgIpc) is 2.18. The van der Waals surface area contributed by atoms with Crippen LogP contribution in [0, 0.1) is 0 Å². The Balaban J connectivity index is 2.30. The summed E-state index contributed by atoms with van der Waals surface area (Å²) in [7, 11) is 2.08. The molecule has 0 spiro atoms. The molecule has 1 fully saturated rings. The fourth-order valence-electron chi connectivity index (χ4n) is 1.44. The van der Waals surface area contributed by atoms with Crippen molar-refractivity contribution in [2.75, 3.05) is 39.8 Å². The van der Waals surface area contributed by atoms with Gasteiger partial charge >= 0.3 is 0 Å². The molecule has 0 amide bonds. The van der Waals surface area contributed by atoms with E-state index in [2.05, 4.69) is 16.8 Å². The summed E-state index contributed by atoms with van der Waals surface area (Å²) in [5, 5.41) is 9.39. The van der Waals surface area contributed by atoms with Crippen LogP contribution in [0.4, 0.5) is 4.39 Å². The predicted molar refractivity (Wildman–Crippen MR) is 54.9 cm³/mol. The summed E-state index contributed by atoms with van der Waals surface area (Å²) in [6, 6.07) is 0. The first kappa shape index (κ1) is 11.2. The molecule has 0 aromatic rings. The molecular formula is C10H17FN2O. The largest absolute Gasteiger partial charge is 0.511 e. The number of piperazine rings is 1. The maximum absolute atomic E-state index is 11.6. The standard InChI is InChI=1S/C10H17FN2O/c1-12-5-7-13(8-6-12)9-10(14)3-2-4-11/h2-4,14H,5-9H2,1H3/b4-2+,10-3-. The molecule has 80 valence electrons. The number of hydrogen-bond acceptors (Lipinski definition) is 3. The quantitative estimate of drug-likeness (QED) is 0.547. The second-order valence-electron chi connectivity index (χ2n) is 3.56. The number of likely N-dealkylation sites (N-methyl/N-ethyl adjacent to an activating group) is 1. The van der Waals surface area contributed by atoms with Gasteiger partial charge in [0, 0.05) is 26.2 Å². The number of hydrogen-bond donors (Lipinski definition) is 1. The van der Waals surface area contributed by atoms with Crippen LogP contribution in [0.15, 0.2) is 24.2 Å². The molecule has 0 atom stereocenters. The zero-order chi connectivity index (χ0) is 10.4. The molecule has 1 aliphatic heterocycles. The highest BCUT2D eigenvalue weighted by Crippen LogP contribution is 2.02. The molecule has 0 aromatic carbocycles. The molecule has 1 rings (SSSR count). The van der Waals surface area contributed by atoms with E-state index in [4.69, 9.17) is 0 Å². The van der Waals surface area contributed by atoms with Gasteiger partial charge in [0.15, 0.2) is 0 Å². The highest BCUT2D eigenvalue weighted by Gasteiger charge is 2.13. The van der Waals surface area contributed by atoms with E-state index in [-0.39, 0.29) is 5.76 Å². The SMILES string of the molecule is CN1CCN(C/C(O)=C/C=C/F)CC1. The van der Waals surface area contributed by atoms with Crippen LogP contribution in [-0.2, 0) is 0 Å². The average molecular weight is 200 g/mol. The number of nitrogens with zero attached hydrogens (tertiary/aromatic N) is 2. The van der Waals surface area contributed by atoms with Crippen molar-refractivity contribution in [1.29, 1.82) is 0 Å². The minimum atomic E-state index is 0.212. The van der Waals surface area contributed by atoms with Gasteiger partial charge in [0.05, 0.1) is 12.9 Å². The van der Waals surface area contributed by atoms with Crippen LogP contribution >= 0.6 is 0 Å². The number of allylic oxidation sites excluding steroid dienone is 2. The lowest BCUT2D eigenvalue weighted by Crippen LogP contribution is -2.45. The fourth-order valence-corrected chi connectivity index (χ4v) is 1.44. The van der Waals surface area contributed by atoms with Gasteiger partial charge in [-0.15, -0.1) is 0 Å². The Bertz CT molecular complexity index is 220. The Labute approximate surface area is 84.1 Å². The third kappa shape index (κ3) is 3.89. The minimum absolute atomic E-state index is 0.212. The Kier molecular flexibility index (Phi) is 4.62. The number of halogens is 1. The zero-order valence-corrected chi connectivity index (χ0v) is 8.49. The molecule has 0 saturated carbocycles. The van der Waals surface area contributed by atoms with Gasteiger partial charge in [-0.3, -0.25) is 4.90 Å². The molecule has 1 saturated heterocycles. The summed E-state index contributed by atoms with van der Waals surface area (Å²) in [4.78, 5) is 4.40. The first-order valence-electron chi connectivity index (χ1n) is 4.78. The smallest absolute Gasteiger partial charge is 0.106 e. The van der Waals surface area contributed by atoms with Gasteiger partial charge in [-0.05, 0) is 19.2 Å². The second kappa shape index (κ2) is 5.78. The maximum Gasteiger partial charge on any atom is 0.106 e. The lowest BCUT2D eigenvalue weighted by Gasteiger charge is -2.31. The van der Waals surface area contributed by atoms with Gasteiger partial charge in [0.25, 0.3) is 0 Å². The summed E-state index contributed by atoms with van der Waals surface area (Å²) in [6.07, 6.45) is 3.00. The lowest BCUT2D eigenvalue weighted by molar-refractivity contribution is 0.150. The summed E-state index contributed by atoms with van der Waals surface area (Å²) < 4.78 is 11.6. The summed E-state index contributed by atoms with van der Waals surface area (Å²) >= 11 is 0. The van der Waals surface area contributed by atoms with Crippen molar-refractivity contribution in [2.24, 2.45) is 0 Å². The van der Waals surface area contributed by atoms with Gasteiger partial charge in [0.2, 0.25) is 0 Å².